The van der Waals surface area contributed by atoms with Crippen LogP contribution in [0.15, 0.2) is 30.3 Å². The maximum atomic E-state index is 13.2. The zero-order valence-corrected chi connectivity index (χ0v) is 11.0. The summed E-state index contributed by atoms with van der Waals surface area (Å²) in [5.74, 6) is 0.222. The van der Waals surface area contributed by atoms with Crippen molar-refractivity contribution < 1.29 is 9.13 Å². The summed E-state index contributed by atoms with van der Waals surface area (Å²) in [5, 5.41) is 4.94. The minimum atomic E-state index is -0.236. The van der Waals surface area contributed by atoms with Crippen molar-refractivity contribution in [2.24, 2.45) is 0 Å². The van der Waals surface area contributed by atoms with Gasteiger partial charge in [-0.25, -0.2) is 9.37 Å². The molecule has 19 heavy (non-hydrogen) atoms. The topological polar surface area (TPSA) is 36.2 Å². The molecule has 0 amide bonds. The van der Waals surface area contributed by atoms with Crippen LogP contribution in [0, 0.1) is 5.82 Å². The monoisotopic (exact) mass is 277 g/mol. The highest BCUT2D eigenvalue weighted by atomic mass is 35.5. The van der Waals surface area contributed by atoms with Gasteiger partial charge in [0.25, 0.3) is 0 Å². The third kappa shape index (κ3) is 2.36. The molecule has 1 radical (unpaired) electrons. The lowest BCUT2D eigenvalue weighted by atomic mass is 10.0. The van der Waals surface area contributed by atoms with Crippen LogP contribution in [0.25, 0.3) is 0 Å². The Bertz CT molecular complexity index is 633. The van der Waals surface area contributed by atoms with E-state index in [1.54, 1.807) is 19.2 Å². The summed E-state index contributed by atoms with van der Waals surface area (Å²) in [6.45, 7) is 0. The molecule has 0 bridgehead atoms. The Labute approximate surface area is 115 Å². The zero-order valence-electron chi connectivity index (χ0n) is 10.2. The van der Waals surface area contributed by atoms with Gasteiger partial charge >= 0.3 is 0 Å². The smallest absolute Gasteiger partial charge is 0.214 e. The second-order valence-corrected chi connectivity index (χ2v) is 4.77. The molecule has 2 heterocycles. The molecule has 1 unspecified atom stereocenters. The number of aromatic nitrogens is 1. The van der Waals surface area contributed by atoms with Crippen LogP contribution in [-0.2, 0) is 6.42 Å². The van der Waals surface area contributed by atoms with Gasteiger partial charge in [-0.15, -0.1) is 0 Å². The first-order chi connectivity index (χ1) is 9.15. The predicted octanol–water partition coefficient (Wildman–Crippen LogP) is 3.42. The average molecular weight is 278 g/mol. The summed E-state index contributed by atoms with van der Waals surface area (Å²) >= 11 is 5.95. The number of pyridine rings is 1. The highest BCUT2D eigenvalue weighted by Crippen LogP contribution is 2.36. The van der Waals surface area contributed by atoms with Gasteiger partial charge in [0.1, 0.15) is 11.0 Å². The van der Waals surface area contributed by atoms with Crippen molar-refractivity contribution in [2.75, 3.05) is 7.11 Å². The molecule has 0 N–H and O–H groups in total. The maximum Gasteiger partial charge on any atom is 0.214 e. The number of hydrogen-bond donors (Lipinski definition) is 0. The summed E-state index contributed by atoms with van der Waals surface area (Å²) in [6.07, 6.45) is 0.663. The van der Waals surface area contributed by atoms with E-state index in [9.17, 15) is 4.39 Å². The molecule has 0 saturated carbocycles. The van der Waals surface area contributed by atoms with E-state index in [4.69, 9.17) is 16.3 Å². The molecule has 3 rings (SSSR count). The van der Waals surface area contributed by atoms with Gasteiger partial charge in [0.05, 0.1) is 18.8 Å². The molecular weight excluding hydrogens is 267 g/mol. The van der Waals surface area contributed by atoms with Crippen LogP contribution in [0.4, 0.5) is 10.1 Å². The molecule has 1 aromatic carbocycles. The highest BCUT2D eigenvalue weighted by molar-refractivity contribution is 6.29. The number of nitrogens with zero attached hydrogens (tertiary/aromatic N) is 2. The Morgan fingerprint density at radius 2 is 2.16 bits per heavy atom. The van der Waals surface area contributed by atoms with Gasteiger partial charge in [-0.05, 0) is 35.4 Å². The van der Waals surface area contributed by atoms with Crippen molar-refractivity contribution in [3.05, 3.63) is 52.4 Å². The van der Waals surface area contributed by atoms with Gasteiger partial charge < -0.3 is 4.74 Å². The van der Waals surface area contributed by atoms with Crippen LogP contribution >= 0.6 is 11.6 Å². The van der Waals surface area contributed by atoms with Crippen LogP contribution in [0.5, 0.6) is 5.88 Å². The minimum Gasteiger partial charge on any atom is -0.481 e. The largest absolute Gasteiger partial charge is 0.481 e. The highest BCUT2D eigenvalue weighted by Gasteiger charge is 2.25. The molecule has 1 aromatic heterocycles. The van der Waals surface area contributed by atoms with E-state index < -0.39 is 0 Å². The number of ether oxygens (including phenoxy) is 1. The van der Waals surface area contributed by atoms with E-state index in [1.807, 2.05) is 6.07 Å². The van der Waals surface area contributed by atoms with Crippen LogP contribution in [-0.4, -0.2) is 12.1 Å². The lowest BCUT2D eigenvalue weighted by molar-refractivity contribution is 0.396. The van der Waals surface area contributed by atoms with Crippen molar-refractivity contribution in [1.29, 1.82) is 0 Å². The average Bonchev–Trinajstić information content (AvgIpc) is 2.80. The fourth-order valence-electron chi connectivity index (χ4n) is 2.25. The number of rotatable bonds is 2. The fourth-order valence-corrected chi connectivity index (χ4v) is 2.46. The number of fused-ring (bicyclic) bond motifs is 1. The van der Waals surface area contributed by atoms with Gasteiger partial charge in [-0.3, -0.25) is 5.32 Å². The summed E-state index contributed by atoms with van der Waals surface area (Å²) in [6, 6.07) is 8.16. The normalized spacial score (nSPS) is 16.9. The number of benzene rings is 1. The Kier molecular flexibility index (Phi) is 3.03. The molecule has 0 saturated heterocycles. The second kappa shape index (κ2) is 4.70. The molecule has 1 aliphatic rings. The first-order valence-corrected chi connectivity index (χ1v) is 6.24. The Balaban J connectivity index is 1.92. The molecule has 97 valence electrons. The van der Waals surface area contributed by atoms with E-state index >= 15 is 0 Å². The van der Waals surface area contributed by atoms with Crippen LogP contribution < -0.4 is 10.1 Å². The van der Waals surface area contributed by atoms with Gasteiger partial charge in [0.15, 0.2) is 0 Å². The summed E-state index contributed by atoms with van der Waals surface area (Å²) in [4.78, 5) is 4.03. The summed E-state index contributed by atoms with van der Waals surface area (Å²) in [5.41, 5.74) is 2.67. The molecular formula is C14H11ClFN2O. The van der Waals surface area contributed by atoms with Crippen molar-refractivity contribution in [3.63, 3.8) is 0 Å². The summed E-state index contributed by atoms with van der Waals surface area (Å²) in [7, 11) is 1.54. The van der Waals surface area contributed by atoms with Crippen LogP contribution in [0.1, 0.15) is 17.2 Å². The van der Waals surface area contributed by atoms with Gasteiger partial charge in [-0.2, -0.15) is 0 Å². The quantitative estimate of drug-likeness (QED) is 0.789. The molecule has 0 spiro atoms. The van der Waals surface area contributed by atoms with E-state index in [-0.39, 0.29) is 11.9 Å². The Hall–Kier alpha value is -1.81. The third-order valence-corrected chi connectivity index (χ3v) is 3.33. The number of halogens is 2. The van der Waals surface area contributed by atoms with Gasteiger partial charge in [0.2, 0.25) is 5.88 Å². The lowest BCUT2D eigenvalue weighted by Gasteiger charge is -2.10. The van der Waals surface area contributed by atoms with Crippen molar-refractivity contribution in [2.45, 2.75) is 12.5 Å². The molecule has 3 nitrogen and oxygen atoms in total. The minimum absolute atomic E-state index is 0.0637. The van der Waals surface area contributed by atoms with Crippen LogP contribution in [0.2, 0.25) is 5.15 Å². The number of methoxy groups -OCH3 is 1. The Morgan fingerprint density at radius 1 is 1.32 bits per heavy atom. The van der Waals surface area contributed by atoms with Crippen molar-refractivity contribution >= 4 is 17.3 Å². The van der Waals surface area contributed by atoms with E-state index in [1.165, 1.54) is 12.1 Å². The predicted molar refractivity (Wildman–Crippen MR) is 70.4 cm³/mol. The first-order valence-electron chi connectivity index (χ1n) is 5.86. The van der Waals surface area contributed by atoms with E-state index in [2.05, 4.69) is 10.3 Å². The fraction of sp³-hybridized carbons (Fsp3) is 0.214. The van der Waals surface area contributed by atoms with Crippen LogP contribution in [0.3, 0.4) is 0 Å². The Morgan fingerprint density at radius 3 is 2.95 bits per heavy atom. The maximum absolute atomic E-state index is 13.2. The van der Waals surface area contributed by atoms with E-state index in [0.717, 1.165) is 16.8 Å². The molecule has 1 aliphatic heterocycles. The SMILES string of the molecule is COc1cc(C2Cc3cc(F)ccc3[N]2)cc(Cl)n1. The third-order valence-electron chi connectivity index (χ3n) is 3.14. The molecule has 5 heteroatoms. The zero-order chi connectivity index (χ0) is 13.4. The molecule has 1 atom stereocenters. The standard InChI is InChI=1S/C14H11ClFN2O/c1-19-14-7-9(6-13(15)18-14)12-5-8-4-10(16)2-3-11(8)17-12/h2-4,6-7,12H,5H2,1H3. The second-order valence-electron chi connectivity index (χ2n) is 4.39. The molecule has 0 fully saturated rings. The lowest BCUT2D eigenvalue weighted by Crippen LogP contribution is -2.05. The first kappa shape index (κ1) is 12.2. The van der Waals surface area contributed by atoms with Gasteiger partial charge in [0, 0.05) is 12.5 Å². The van der Waals surface area contributed by atoms with Crippen molar-refractivity contribution in [1.82, 2.24) is 10.3 Å². The van der Waals surface area contributed by atoms with E-state index in [0.29, 0.717) is 17.5 Å². The van der Waals surface area contributed by atoms with Crippen molar-refractivity contribution in [3.8, 4) is 5.88 Å². The number of hydrogen-bond acceptors (Lipinski definition) is 2. The molecule has 0 aliphatic carbocycles. The summed E-state index contributed by atoms with van der Waals surface area (Å²) < 4.78 is 18.3. The molecule has 2 aromatic rings. The van der Waals surface area contributed by atoms with Gasteiger partial charge in [-0.1, -0.05) is 11.6 Å².